The van der Waals surface area contributed by atoms with Gasteiger partial charge >= 0.3 is 0 Å². The molecule has 0 aliphatic rings. The van der Waals surface area contributed by atoms with Gasteiger partial charge in [0.15, 0.2) is 0 Å². The molecule has 0 atom stereocenters. The Morgan fingerprint density at radius 2 is 2.33 bits per heavy atom. The number of carbonyl (C=O) groups excluding carboxylic acids is 1. The van der Waals surface area contributed by atoms with Crippen molar-refractivity contribution >= 4 is 17.0 Å². The molecule has 0 amide bonds. The number of aliphatic imine (C=N–C) groups is 1. The number of isocyanates is 1. The molecule has 0 aliphatic heterocycles. The van der Waals surface area contributed by atoms with Gasteiger partial charge in [-0.1, -0.05) is 12.1 Å². The zero-order valence-electron chi connectivity index (χ0n) is 8.69. The van der Waals surface area contributed by atoms with Crippen LogP contribution in [-0.2, 0) is 18.4 Å². The second kappa shape index (κ2) is 3.67. The molecule has 0 saturated heterocycles. The van der Waals surface area contributed by atoms with Gasteiger partial charge in [0.1, 0.15) is 0 Å². The van der Waals surface area contributed by atoms with Crippen molar-refractivity contribution in [3.63, 3.8) is 0 Å². The first kappa shape index (κ1) is 9.62. The SMILES string of the molecule is Cc1nn(C)c2cc(CN=C=O)ccc12. The number of hydrogen-bond acceptors (Lipinski definition) is 3. The van der Waals surface area contributed by atoms with E-state index >= 15 is 0 Å². The van der Waals surface area contributed by atoms with Gasteiger partial charge in [-0.25, -0.2) is 9.79 Å². The third-order valence-corrected chi connectivity index (χ3v) is 2.43. The fraction of sp³-hybridized carbons (Fsp3) is 0.273. The molecule has 1 heterocycles. The normalized spacial score (nSPS) is 10.3. The molecule has 1 aromatic heterocycles. The minimum Gasteiger partial charge on any atom is -0.268 e. The van der Waals surface area contributed by atoms with Gasteiger partial charge in [0, 0.05) is 12.4 Å². The first-order valence-corrected chi connectivity index (χ1v) is 4.68. The predicted molar refractivity (Wildman–Crippen MR) is 57.3 cm³/mol. The summed E-state index contributed by atoms with van der Waals surface area (Å²) in [5.74, 6) is 0. The number of aryl methyl sites for hydroxylation is 2. The molecule has 2 aromatic rings. The maximum atomic E-state index is 10.0. The van der Waals surface area contributed by atoms with E-state index in [9.17, 15) is 4.79 Å². The standard InChI is InChI=1S/C11H11N3O/c1-8-10-4-3-9(6-12-7-15)5-11(10)14(2)13-8/h3-5H,6H2,1-2H3. The molecule has 0 bridgehead atoms. The monoisotopic (exact) mass is 201 g/mol. The maximum Gasteiger partial charge on any atom is 0.235 e. The highest BCUT2D eigenvalue weighted by Gasteiger charge is 2.04. The summed E-state index contributed by atoms with van der Waals surface area (Å²) in [6.45, 7) is 2.36. The minimum atomic E-state index is 0.379. The van der Waals surface area contributed by atoms with E-state index in [0.717, 1.165) is 22.2 Å². The van der Waals surface area contributed by atoms with Crippen molar-refractivity contribution in [3.8, 4) is 0 Å². The topological polar surface area (TPSA) is 47.2 Å². The predicted octanol–water partition coefficient (Wildman–Crippen LogP) is 1.72. The maximum absolute atomic E-state index is 10.0. The molecule has 4 heteroatoms. The van der Waals surface area contributed by atoms with Crippen LogP contribution < -0.4 is 0 Å². The smallest absolute Gasteiger partial charge is 0.235 e. The van der Waals surface area contributed by atoms with Crippen LogP contribution in [0.1, 0.15) is 11.3 Å². The van der Waals surface area contributed by atoms with Gasteiger partial charge in [0.25, 0.3) is 0 Å². The quantitative estimate of drug-likeness (QED) is 0.548. The first-order valence-electron chi connectivity index (χ1n) is 4.68. The van der Waals surface area contributed by atoms with Crippen molar-refractivity contribution in [2.24, 2.45) is 12.0 Å². The average molecular weight is 201 g/mol. The lowest BCUT2D eigenvalue weighted by Gasteiger charge is -1.97. The third kappa shape index (κ3) is 1.67. The Kier molecular flexibility index (Phi) is 2.35. The van der Waals surface area contributed by atoms with E-state index in [1.165, 1.54) is 6.08 Å². The van der Waals surface area contributed by atoms with Crippen molar-refractivity contribution in [3.05, 3.63) is 29.5 Å². The van der Waals surface area contributed by atoms with E-state index in [2.05, 4.69) is 10.1 Å². The van der Waals surface area contributed by atoms with Gasteiger partial charge in [-0.15, -0.1) is 0 Å². The molecule has 1 aromatic carbocycles. The van der Waals surface area contributed by atoms with E-state index in [4.69, 9.17) is 0 Å². The summed E-state index contributed by atoms with van der Waals surface area (Å²) in [6, 6.07) is 5.96. The third-order valence-electron chi connectivity index (χ3n) is 2.43. The molecular weight excluding hydrogens is 190 g/mol. The zero-order chi connectivity index (χ0) is 10.8. The molecule has 4 nitrogen and oxygen atoms in total. The fourth-order valence-corrected chi connectivity index (χ4v) is 1.71. The zero-order valence-corrected chi connectivity index (χ0v) is 8.69. The molecule has 0 aliphatic carbocycles. The Labute approximate surface area is 87.2 Å². The fourth-order valence-electron chi connectivity index (χ4n) is 1.71. The Morgan fingerprint density at radius 1 is 1.53 bits per heavy atom. The molecule has 15 heavy (non-hydrogen) atoms. The van der Waals surface area contributed by atoms with Crippen LogP contribution in [0.3, 0.4) is 0 Å². The van der Waals surface area contributed by atoms with Crippen LogP contribution >= 0.6 is 0 Å². The minimum absolute atomic E-state index is 0.379. The second-order valence-electron chi connectivity index (χ2n) is 3.47. The molecule has 0 fully saturated rings. The highest BCUT2D eigenvalue weighted by atomic mass is 16.1. The molecule has 0 spiro atoms. The van der Waals surface area contributed by atoms with Crippen molar-refractivity contribution in [2.75, 3.05) is 0 Å². The molecule has 0 unspecified atom stereocenters. The molecular formula is C11H11N3O. The second-order valence-corrected chi connectivity index (χ2v) is 3.47. The van der Waals surface area contributed by atoms with Crippen molar-refractivity contribution in [1.82, 2.24) is 9.78 Å². The summed E-state index contributed by atoms with van der Waals surface area (Å²) < 4.78 is 1.83. The number of nitrogens with zero attached hydrogens (tertiary/aromatic N) is 3. The van der Waals surface area contributed by atoms with Gasteiger partial charge in [-0.05, 0) is 18.6 Å². The summed E-state index contributed by atoms with van der Waals surface area (Å²) in [6.07, 6.45) is 1.54. The summed E-state index contributed by atoms with van der Waals surface area (Å²) in [7, 11) is 1.90. The Bertz CT molecular complexity index is 550. The lowest BCUT2D eigenvalue weighted by molar-refractivity contribution is 0.563. The number of aromatic nitrogens is 2. The van der Waals surface area contributed by atoms with Crippen LogP contribution in [0.4, 0.5) is 0 Å². The van der Waals surface area contributed by atoms with Crippen molar-refractivity contribution in [1.29, 1.82) is 0 Å². The van der Waals surface area contributed by atoms with E-state index in [-0.39, 0.29) is 0 Å². The summed E-state index contributed by atoms with van der Waals surface area (Å²) in [4.78, 5) is 13.6. The summed E-state index contributed by atoms with van der Waals surface area (Å²) in [5.41, 5.74) is 3.07. The van der Waals surface area contributed by atoms with E-state index in [0.29, 0.717) is 6.54 Å². The van der Waals surface area contributed by atoms with Crippen LogP contribution in [0.25, 0.3) is 10.9 Å². The van der Waals surface area contributed by atoms with Gasteiger partial charge in [0.05, 0.1) is 17.8 Å². The number of fused-ring (bicyclic) bond motifs is 1. The lowest BCUT2D eigenvalue weighted by Crippen LogP contribution is -1.90. The Hall–Kier alpha value is -1.93. The number of benzene rings is 1. The van der Waals surface area contributed by atoms with Crippen LogP contribution in [0.5, 0.6) is 0 Å². The van der Waals surface area contributed by atoms with E-state index in [1.807, 2.05) is 36.9 Å². The van der Waals surface area contributed by atoms with E-state index < -0.39 is 0 Å². The highest BCUT2D eigenvalue weighted by Crippen LogP contribution is 2.19. The highest BCUT2D eigenvalue weighted by molar-refractivity contribution is 5.82. The van der Waals surface area contributed by atoms with Gasteiger partial charge in [-0.2, -0.15) is 5.10 Å². The largest absolute Gasteiger partial charge is 0.268 e. The molecule has 0 N–H and O–H groups in total. The summed E-state index contributed by atoms with van der Waals surface area (Å²) >= 11 is 0. The average Bonchev–Trinajstić information content (AvgIpc) is 2.52. The Balaban J connectivity index is 2.54. The molecule has 76 valence electrons. The van der Waals surface area contributed by atoms with Crippen LogP contribution in [-0.4, -0.2) is 15.9 Å². The number of hydrogen-bond donors (Lipinski definition) is 0. The van der Waals surface area contributed by atoms with E-state index in [1.54, 1.807) is 0 Å². The van der Waals surface area contributed by atoms with Crippen LogP contribution in [0.15, 0.2) is 23.2 Å². The summed E-state index contributed by atoms with van der Waals surface area (Å²) in [5, 5.41) is 5.46. The molecule has 2 rings (SSSR count). The molecule has 0 saturated carbocycles. The van der Waals surface area contributed by atoms with Crippen molar-refractivity contribution < 1.29 is 4.79 Å². The first-order chi connectivity index (χ1) is 7.22. The van der Waals surface area contributed by atoms with Gasteiger partial charge < -0.3 is 0 Å². The van der Waals surface area contributed by atoms with Gasteiger partial charge in [-0.3, -0.25) is 4.68 Å². The van der Waals surface area contributed by atoms with Crippen molar-refractivity contribution in [2.45, 2.75) is 13.5 Å². The Morgan fingerprint density at radius 3 is 3.07 bits per heavy atom. The van der Waals surface area contributed by atoms with Crippen LogP contribution in [0.2, 0.25) is 0 Å². The number of rotatable bonds is 2. The lowest BCUT2D eigenvalue weighted by atomic mass is 10.1. The van der Waals surface area contributed by atoms with Gasteiger partial charge in [0.2, 0.25) is 6.08 Å². The molecule has 0 radical (unpaired) electrons. The van der Waals surface area contributed by atoms with Crippen LogP contribution in [0, 0.1) is 6.92 Å².